The summed E-state index contributed by atoms with van der Waals surface area (Å²) < 4.78 is 2.01. The van der Waals surface area contributed by atoms with Crippen LogP contribution in [0.1, 0.15) is 25.6 Å². The molecule has 0 spiro atoms. The van der Waals surface area contributed by atoms with Gasteiger partial charge in [0.1, 0.15) is 5.52 Å². The zero-order valence-electron chi connectivity index (χ0n) is 10.8. The molecule has 0 aliphatic carbocycles. The summed E-state index contributed by atoms with van der Waals surface area (Å²) in [5.74, 6) is 0.506. The minimum atomic E-state index is 0.315. The second kappa shape index (κ2) is 3.70. The minimum absolute atomic E-state index is 0.315. The number of benzene rings is 1. The van der Waals surface area contributed by atoms with E-state index in [9.17, 15) is 0 Å². The summed E-state index contributed by atoms with van der Waals surface area (Å²) in [5.41, 5.74) is 8.89. The molecule has 0 unspecified atom stereocenters. The van der Waals surface area contributed by atoms with Crippen LogP contribution in [0, 0.1) is 6.92 Å². The van der Waals surface area contributed by atoms with Crippen molar-refractivity contribution in [3.05, 3.63) is 30.0 Å². The molecule has 0 fully saturated rings. The topological polar surface area (TPSA) is 56.7 Å². The van der Waals surface area contributed by atoms with Gasteiger partial charge in [-0.2, -0.15) is 5.10 Å². The van der Waals surface area contributed by atoms with Gasteiger partial charge in [0.25, 0.3) is 0 Å². The number of aryl methyl sites for hydroxylation is 1. The smallest absolute Gasteiger partial charge is 0.152 e. The Morgan fingerprint density at radius 2 is 1.94 bits per heavy atom. The summed E-state index contributed by atoms with van der Waals surface area (Å²) in [6.07, 6.45) is 0. The van der Waals surface area contributed by atoms with Gasteiger partial charge in [0.15, 0.2) is 5.82 Å². The van der Waals surface area contributed by atoms with Gasteiger partial charge in [-0.25, -0.2) is 4.98 Å². The van der Waals surface area contributed by atoms with E-state index >= 15 is 0 Å². The molecule has 0 atom stereocenters. The Morgan fingerprint density at radius 1 is 1.22 bits per heavy atom. The van der Waals surface area contributed by atoms with Gasteiger partial charge in [-0.3, -0.25) is 4.68 Å². The molecule has 1 aromatic carbocycles. The van der Waals surface area contributed by atoms with Crippen molar-refractivity contribution in [2.45, 2.75) is 26.8 Å². The van der Waals surface area contributed by atoms with Gasteiger partial charge in [0.2, 0.25) is 0 Å². The largest absolute Gasteiger partial charge is 0.382 e. The molecule has 0 aliphatic rings. The number of rotatable bonds is 1. The molecule has 92 valence electrons. The molecule has 0 saturated heterocycles. The average molecular weight is 240 g/mol. The molecule has 3 aromatic rings. The van der Waals surface area contributed by atoms with E-state index in [1.807, 2.05) is 22.9 Å². The third-order valence-corrected chi connectivity index (χ3v) is 3.30. The lowest BCUT2D eigenvalue weighted by atomic mass is 10.1. The third kappa shape index (κ3) is 1.38. The summed E-state index contributed by atoms with van der Waals surface area (Å²) in [4.78, 5) is 4.42. The Morgan fingerprint density at radius 3 is 2.67 bits per heavy atom. The standard InChI is InChI=1S/C14H16N4/c1-8(2)18-9(3)12-10-6-4-5-7-11(10)16-14(15)13(12)17-18/h4-8H,1-3H3,(H2,15,16). The van der Waals surface area contributed by atoms with Gasteiger partial charge in [-0.15, -0.1) is 0 Å². The maximum atomic E-state index is 6.02. The highest BCUT2D eigenvalue weighted by molar-refractivity contribution is 6.09. The first kappa shape index (κ1) is 11.0. The number of nitrogen functional groups attached to an aromatic ring is 1. The highest BCUT2D eigenvalue weighted by Gasteiger charge is 2.15. The summed E-state index contributed by atoms with van der Waals surface area (Å²) in [5, 5.41) is 6.82. The van der Waals surface area contributed by atoms with E-state index in [1.165, 1.54) is 0 Å². The number of hydrogen-bond donors (Lipinski definition) is 1. The molecule has 0 saturated carbocycles. The minimum Gasteiger partial charge on any atom is -0.382 e. The van der Waals surface area contributed by atoms with E-state index in [-0.39, 0.29) is 0 Å². The molecule has 0 amide bonds. The van der Waals surface area contributed by atoms with Crippen LogP contribution in [0.4, 0.5) is 5.82 Å². The summed E-state index contributed by atoms with van der Waals surface area (Å²) in [7, 11) is 0. The van der Waals surface area contributed by atoms with Crippen molar-refractivity contribution in [1.29, 1.82) is 0 Å². The molecule has 2 N–H and O–H groups in total. The first-order valence-corrected chi connectivity index (χ1v) is 6.12. The number of nitrogens with two attached hydrogens (primary N) is 1. The molecule has 0 bridgehead atoms. The van der Waals surface area contributed by atoms with Gasteiger partial charge in [-0.1, -0.05) is 18.2 Å². The number of pyridine rings is 1. The Balaban J connectivity index is 2.55. The summed E-state index contributed by atoms with van der Waals surface area (Å²) in [6, 6.07) is 8.37. The molecular formula is C14H16N4. The molecule has 18 heavy (non-hydrogen) atoms. The van der Waals surface area contributed by atoms with Crippen LogP contribution in [0.5, 0.6) is 0 Å². The van der Waals surface area contributed by atoms with Gasteiger partial charge in [0.05, 0.1) is 5.52 Å². The van der Waals surface area contributed by atoms with Crippen LogP contribution >= 0.6 is 0 Å². The van der Waals surface area contributed by atoms with Crippen molar-refractivity contribution in [2.24, 2.45) is 0 Å². The zero-order chi connectivity index (χ0) is 12.9. The van der Waals surface area contributed by atoms with Gasteiger partial charge >= 0.3 is 0 Å². The monoisotopic (exact) mass is 240 g/mol. The van der Waals surface area contributed by atoms with E-state index in [0.29, 0.717) is 11.9 Å². The highest BCUT2D eigenvalue weighted by atomic mass is 15.3. The molecule has 4 nitrogen and oxygen atoms in total. The predicted molar refractivity (Wildman–Crippen MR) is 74.6 cm³/mol. The van der Waals surface area contributed by atoms with Crippen LogP contribution in [-0.4, -0.2) is 14.8 Å². The Kier molecular flexibility index (Phi) is 2.26. The normalized spacial score (nSPS) is 11.8. The first-order chi connectivity index (χ1) is 8.59. The van der Waals surface area contributed by atoms with Crippen LogP contribution in [0.3, 0.4) is 0 Å². The summed E-state index contributed by atoms with van der Waals surface area (Å²) >= 11 is 0. The number of hydrogen-bond acceptors (Lipinski definition) is 3. The summed E-state index contributed by atoms with van der Waals surface area (Å²) in [6.45, 7) is 6.32. The Hall–Kier alpha value is -2.10. The van der Waals surface area contributed by atoms with Gasteiger partial charge < -0.3 is 5.73 Å². The molecule has 0 radical (unpaired) electrons. The molecule has 0 aliphatic heterocycles. The average Bonchev–Trinajstić information content (AvgIpc) is 2.69. The fourth-order valence-electron chi connectivity index (χ4n) is 2.49. The maximum absolute atomic E-state index is 6.02. The second-order valence-electron chi connectivity index (χ2n) is 4.86. The van der Waals surface area contributed by atoms with Crippen molar-refractivity contribution in [3.8, 4) is 0 Å². The lowest BCUT2D eigenvalue weighted by molar-refractivity contribution is 0.524. The maximum Gasteiger partial charge on any atom is 0.152 e. The third-order valence-electron chi connectivity index (χ3n) is 3.30. The van der Waals surface area contributed by atoms with Crippen LogP contribution < -0.4 is 5.73 Å². The van der Waals surface area contributed by atoms with Crippen molar-refractivity contribution in [1.82, 2.24) is 14.8 Å². The van der Waals surface area contributed by atoms with Crippen LogP contribution in [-0.2, 0) is 0 Å². The van der Waals surface area contributed by atoms with E-state index in [2.05, 4.69) is 36.9 Å². The molecular weight excluding hydrogens is 224 g/mol. The Bertz CT molecular complexity index is 740. The highest BCUT2D eigenvalue weighted by Crippen LogP contribution is 2.30. The van der Waals surface area contributed by atoms with E-state index in [1.54, 1.807) is 0 Å². The lowest BCUT2D eigenvalue weighted by Gasteiger charge is -2.07. The number of fused-ring (bicyclic) bond motifs is 3. The SMILES string of the molecule is Cc1c2c(nn1C(C)C)c(N)nc1ccccc12. The van der Waals surface area contributed by atoms with E-state index in [4.69, 9.17) is 5.73 Å². The fraction of sp³-hybridized carbons (Fsp3) is 0.286. The quantitative estimate of drug-likeness (QED) is 0.711. The molecule has 2 heterocycles. The number of anilines is 1. The fourth-order valence-corrected chi connectivity index (χ4v) is 2.49. The zero-order valence-corrected chi connectivity index (χ0v) is 10.8. The number of nitrogens with zero attached hydrogens (tertiary/aromatic N) is 3. The van der Waals surface area contributed by atoms with E-state index < -0.39 is 0 Å². The second-order valence-corrected chi connectivity index (χ2v) is 4.86. The van der Waals surface area contributed by atoms with Gasteiger partial charge in [0, 0.05) is 22.5 Å². The lowest BCUT2D eigenvalue weighted by Crippen LogP contribution is -2.04. The number of para-hydroxylation sites is 1. The van der Waals surface area contributed by atoms with Crippen molar-refractivity contribution >= 4 is 27.6 Å². The molecule has 3 rings (SSSR count). The Labute approximate surface area is 105 Å². The van der Waals surface area contributed by atoms with Crippen LogP contribution in [0.25, 0.3) is 21.8 Å². The van der Waals surface area contributed by atoms with Crippen LogP contribution in [0.2, 0.25) is 0 Å². The predicted octanol–water partition coefficient (Wildman–Crippen LogP) is 3.06. The molecule has 2 aromatic heterocycles. The van der Waals surface area contributed by atoms with Crippen LogP contribution in [0.15, 0.2) is 24.3 Å². The van der Waals surface area contributed by atoms with Crippen molar-refractivity contribution in [2.75, 3.05) is 5.73 Å². The van der Waals surface area contributed by atoms with Gasteiger partial charge in [-0.05, 0) is 26.8 Å². The van der Waals surface area contributed by atoms with Crippen molar-refractivity contribution in [3.63, 3.8) is 0 Å². The number of aromatic nitrogens is 3. The molecule has 4 heteroatoms. The van der Waals surface area contributed by atoms with E-state index in [0.717, 1.165) is 27.5 Å². The first-order valence-electron chi connectivity index (χ1n) is 6.12. The van der Waals surface area contributed by atoms with Crippen molar-refractivity contribution < 1.29 is 0 Å².